The highest BCUT2D eigenvalue weighted by Gasteiger charge is 2.15. The number of carbonyl (C=O) groups is 1. The van der Waals surface area contributed by atoms with E-state index in [2.05, 4.69) is 20.2 Å². The molecule has 0 aliphatic carbocycles. The van der Waals surface area contributed by atoms with Gasteiger partial charge in [0, 0.05) is 16.7 Å². The van der Waals surface area contributed by atoms with Crippen LogP contribution in [0.2, 0.25) is 0 Å². The number of anilines is 1. The Balaban J connectivity index is 1.58. The van der Waals surface area contributed by atoms with Crippen molar-refractivity contribution in [2.45, 2.75) is 11.8 Å². The molecule has 30 heavy (non-hydrogen) atoms. The average molecular weight is 440 g/mol. The van der Waals surface area contributed by atoms with Crippen LogP contribution in [0.25, 0.3) is 10.2 Å². The lowest BCUT2D eigenvalue weighted by Crippen LogP contribution is -2.13. The number of hydrogen-bond acceptors (Lipinski definition) is 8. The fourth-order valence-corrected chi connectivity index (χ4v) is 3.76. The van der Waals surface area contributed by atoms with E-state index < -0.39 is 0 Å². The molecule has 152 valence electrons. The second kappa shape index (κ2) is 9.23. The van der Waals surface area contributed by atoms with Gasteiger partial charge in [-0.1, -0.05) is 6.07 Å². The smallest absolute Gasteiger partial charge is 0.257 e. The number of fused-ring (bicyclic) bond motifs is 1. The summed E-state index contributed by atoms with van der Waals surface area (Å²) >= 11 is 2.54. The first-order valence-corrected chi connectivity index (χ1v) is 10.5. The van der Waals surface area contributed by atoms with Crippen molar-refractivity contribution in [2.24, 2.45) is 0 Å². The Kier molecular flexibility index (Phi) is 6.24. The van der Waals surface area contributed by atoms with Crippen molar-refractivity contribution in [1.82, 2.24) is 9.97 Å². The van der Waals surface area contributed by atoms with Crippen LogP contribution in [0, 0.1) is 6.92 Å². The maximum Gasteiger partial charge on any atom is 0.257 e. The highest BCUT2D eigenvalue weighted by Crippen LogP contribution is 2.33. The molecular formula is C21H17N3O4S2. The molecule has 0 aliphatic rings. The molecule has 0 radical (unpaired) electrons. The van der Waals surface area contributed by atoms with Crippen LogP contribution in [0.4, 0.5) is 5.82 Å². The van der Waals surface area contributed by atoms with Gasteiger partial charge in [-0.3, -0.25) is 4.79 Å². The largest absolute Gasteiger partial charge is 0.455 e. The lowest BCUT2D eigenvalue weighted by Gasteiger charge is -2.10. The van der Waals surface area contributed by atoms with Gasteiger partial charge in [-0.15, -0.1) is 11.3 Å². The molecule has 0 saturated carbocycles. The van der Waals surface area contributed by atoms with Crippen LogP contribution in [0.5, 0.6) is 11.5 Å². The second-order valence-corrected chi connectivity index (χ2v) is 7.90. The van der Waals surface area contributed by atoms with Crippen LogP contribution >= 0.6 is 23.4 Å². The molecule has 0 spiro atoms. The number of carbonyl (C=O) groups excluding carboxylic acids is 1. The van der Waals surface area contributed by atoms with E-state index >= 15 is 0 Å². The van der Waals surface area contributed by atoms with E-state index in [0.717, 1.165) is 27.2 Å². The number of rotatable bonds is 7. The number of benzene rings is 2. The molecule has 0 atom stereocenters. The number of ether oxygens (including phenoxy) is 1. The number of aromatic nitrogens is 2. The molecule has 0 saturated heterocycles. The van der Waals surface area contributed by atoms with Crippen molar-refractivity contribution in [1.29, 1.82) is 0 Å². The Labute approximate surface area is 181 Å². The Morgan fingerprint density at radius 1 is 1.10 bits per heavy atom. The maximum absolute atomic E-state index is 12.8. The van der Waals surface area contributed by atoms with Crippen LogP contribution in [-0.2, 0) is 9.22 Å². The zero-order chi connectivity index (χ0) is 20.9. The number of nitrogens with one attached hydrogen (secondary N) is 1. The van der Waals surface area contributed by atoms with Gasteiger partial charge in [-0.05, 0) is 55.0 Å². The van der Waals surface area contributed by atoms with E-state index in [9.17, 15) is 4.79 Å². The Hall–Kier alpha value is -2.98. The van der Waals surface area contributed by atoms with Gasteiger partial charge in [-0.25, -0.2) is 14.9 Å². The van der Waals surface area contributed by atoms with Crippen molar-refractivity contribution >= 4 is 45.3 Å². The van der Waals surface area contributed by atoms with Gasteiger partial charge in [0.2, 0.25) is 0 Å². The molecule has 0 fully saturated rings. The van der Waals surface area contributed by atoms with Crippen molar-refractivity contribution in [3.05, 3.63) is 71.4 Å². The molecule has 4 rings (SSSR count). The summed E-state index contributed by atoms with van der Waals surface area (Å²) in [7, 11) is 1.45. The summed E-state index contributed by atoms with van der Waals surface area (Å²) in [6.45, 7) is 1.94. The van der Waals surface area contributed by atoms with Gasteiger partial charge in [0.15, 0.2) is 5.75 Å². The first-order chi connectivity index (χ1) is 14.6. The Morgan fingerprint density at radius 2 is 1.93 bits per heavy atom. The minimum atomic E-state index is -0.269. The quantitative estimate of drug-likeness (QED) is 0.227. The van der Waals surface area contributed by atoms with Gasteiger partial charge in [-0.2, -0.15) is 4.33 Å². The summed E-state index contributed by atoms with van der Waals surface area (Å²) in [5.41, 5.74) is 3.91. The molecule has 1 amide bonds. The molecule has 2 aromatic carbocycles. The van der Waals surface area contributed by atoms with Gasteiger partial charge in [0.1, 0.15) is 17.1 Å². The predicted octanol–water partition coefficient (Wildman–Crippen LogP) is 5.63. The van der Waals surface area contributed by atoms with Gasteiger partial charge < -0.3 is 10.1 Å². The van der Waals surface area contributed by atoms with Crippen LogP contribution < -0.4 is 10.1 Å². The Bertz CT molecular complexity index is 1160. The van der Waals surface area contributed by atoms with E-state index in [4.69, 9.17) is 9.07 Å². The molecule has 2 heterocycles. The van der Waals surface area contributed by atoms with Gasteiger partial charge in [0.25, 0.3) is 5.91 Å². The summed E-state index contributed by atoms with van der Waals surface area (Å²) < 4.78 is 11.7. The topological polar surface area (TPSA) is 82.6 Å². The minimum Gasteiger partial charge on any atom is -0.455 e. The number of aryl methyl sites for hydroxylation is 1. The fourth-order valence-electron chi connectivity index (χ4n) is 2.64. The molecule has 4 aromatic rings. The van der Waals surface area contributed by atoms with Crippen LogP contribution in [0.3, 0.4) is 0 Å². The van der Waals surface area contributed by atoms with Crippen LogP contribution in [0.1, 0.15) is 15.9 Å². The normalized spacial score (nSPS) is 10.9. The fraction of sp³-hybridized carbons (Fsp3) is 0.0952. The van der Waals surface area contributed by atoms with Gasteiger partial charge >= 0.3 is 0 Å². The summed E-state index contributed by atoms with van der Waals surface area (Å²) in [5.74, 6) is 1.34. The third-order valence-corrected chi connectivity index (χ3v) is 5.51. The van der Waals surface area contributed by atoms with Crippen molar-refractivity contribution < 1.29 is 18.8 Å². The standard InChI is InChI=1S/C21H17N3O4S2/c1-13-3-8-19(22-11-13)24-21(25)14-9-17(20-18(10-14)29-12-23-20)27-15-4-6-16(7-5-15)30-28-26-2/h3-12H,1-2H3,(H,22,24,25). The number of thiazole rings is 1. The lowest BCUT2D eigenvalue weighted by molar-refractivity contribution is -0.160. The van der Waals surface area contributed by atoms with Crippen molar-refractivity contribution in [3.63, 3.8) is 0 Å². The second-order valence-electron chi connectivity index (χ2n) is 6.24. The summed E-state index contributed by atoms with van der Waals surface area (Å²) in [6, 6.07) is 14.4. The number of pyridine rings is 1. The van der Waals surface area contributed by atoms with E-state index in [1.165, 1.54) is 18.4 Å². The van der Waals surface area contributed by atoms with E-state index in [1.807, 2.05) is 37.3 Å². The summed E-state index contributed by atoms with van der Waals surface area (Å²) in [5, 5.41) is 2.81. The first-order valence-electron chi connectivity index (χ1n) is 8.89. The molecule has 9 heteroatoms. The van der Waals surface area contributed by atoms with Crippen molar-refractivity contribution in [2.75, 3.05) is 12.4 Å². The molecule has 2 aromatic heterocycles. The van der Waals surface area contributed by atoms with Crippen LogP contribution in [0.15, 0.2) is 65.1 Å². The predicted molar refractivity (Wildman–Crippen MR) is 117 cm³/mol. The molecule has 1 N–H and O–H groups in total. The third-order valence-electron chi connectivity index (χ3n) is 4.07. The SMILES string of the molecule is COOSc1ccc(Oc2cc(C(=O)Nc3ccc(C)cn3)cc3scnc23)cc1. The monoisotopic (exact) mass is 439 g/mol. The molecule has 0 bridgehead atoms. The average Bonchev–Trinajstić information content (AvgIpc) is 3.24. The highest BCUT2D eigenvalue weighted by atomic mass is 32.2. The maximum atomic E-state index is 12.8. The highest BCUT2D eigenvalue weighted by molar-refractivity contribution is 7.94. The minimum absolute atomic E-state index is 0.269. The molecule has 0 aliphatic heterocycles. The molecule has 0 unspecified atom stereocenters. The summed E-state index contributed by atoms with van der Waals surface area (Å²) in [6.07, 6.45) is 1.70. The third kappa shape index (κ3) is 4.77. The van der Waals surface area contributed by atoms with E-state index in [1.54, 1.807) is 29.9 Å². The van der Waals surface area contributed by atoms with Crippen LogP contribution in [-0.4, -0.2) is 23.0 Å². The van der Waals surface area contributed by atoms with Gasteiger partial charge in [0.05, 0.1) is 29.4 Å². The van der Waals surface area contributed by atoms with Crippen molar-refractivity contribution in [3.8, 4) is 11.5 Å². The zero-order valence-corrected chi connectivity index (χ0v) is 17.8. The summed E-state index contributed by atoms with van der Waals surface area (Å²) in [4.78, 5) is 26.8. The molecular weight excluding hydrogens is 422 g/mol. The zero-order valence-electron chi connectivity index (χ0n) is 16.1. The Morgan fingerprint density at radius 3 is 2.67 bits per heavy atom. The van der Waals surface area contributed by atoms with E-state index in [-0.39, 0.29) is 5.91 Å². The van der Waals surface area contributed by atoms with E-state index in [0.29, 0.717) is 28.4 Å². The number of amides is 1. The lowest BCUT2D eigenvalue weighted by atomic mass is 10.2. The number of nitrogens with zero attached hydrogens (tertiary/aromatic N) is 2. The first kappa shape index (κ1) is 20.3. The number of hydrogen-bond donors (Lipinski definition) is 1. The molecule has 7 nitrogen and oxygen atoms in total.